The normalized spacial score (nSPS) is 23.3. The fourth-order valence-corrected chi connectivity index (χ4v) is 5.90. The number of amides is 1. The lowest BCUT2D eigenvalue weighted by Crippen LogP contribution is -2.34. The van der Waals surface area contributed by atoms with Crippen molar-refractivity contribution < 1.29 is 9.18 Å². The number of aryl methyl sites for hydroxylation is 2. The van der Waals surface area contributed by atoms with Crippen LogP contribution in [0.2, 0.25) is 0 Å². The Kier molecular flexibility index (Phi) is 8.25. The first-order valence-electron chi connectivity index (χ1n) is 13.0. The number of likely N-dealkylation sites (N-methyl/N-ethyl adjacent to an activating group) is 1. The molecule has 0 aromatic heterocycles. The molecule has 1 amide bonds. The molecule has 35 heavy (non-hydrogen) atoms. The number of hydrogen-bond donors (Lipinski definition) is 1. The highest BCUT2D eigenvalue weighted by molar-refractivity contribution is 5.95. The van der Waals surface area contributed by atoms with E-state index in [1.165, 1.54) is 18.4 Å². The second-order valence-electron chi connectivity index (χ2n) is 10.8. The van der Waals surface area contributed by atoms with Crippen LogP contribution in [0, 0.1) is 19.7 Å². The molecule has 0 aliphatic carbocycles. The Balaban J connectivity index is 1.42. The van der Waals surface area contributed by atoms with Crippen LogP contribution in [-0.2, 0) is 6.54 Å². The second kappa shape index (κ2) is 11.2. The molecular weight excluding hydrogens is 439 g/mol. The van der Waals surface area contributed by atoms with E-state index in [4.69, 9.17) is 0 Å². The first-order valence-corrected chi connectivity index (χ1v) is 13.0. The molecule has 0 bridgehead atoms. The van der Waals surface area contributed by atoms with Crippen LogP contribution in [0.4, 0.5) is 4.39 Å². The molecule has 5 nitrogen and oxygen atoms in total. The number of benzene rings is 2. The standard InChI is InChI=1S/C29H41FN4O/c1-20-8-6-10-27(30)25(20)17-34-18-26(28(19-34)32(3)4)22-11-12-24(21(2)16-22)29(35)31-14-13-23-9-7-15-33(23)5/h6,8,10-12,16,23,26,28H,7,9,13-15,17-19H2,1-5H3,(H,31,35)/t23?,26-,28+/m1/s1. The Labute approximate surface area is 210 Å². The number of rotatable bonds is 8. The summed E-state index contributed by atoms with van der Waals surface area (Å²) in [6, 6.07) is 12.5. The molecule has 1 N–H and O–H groups in total. The Morgan fingerprint density at radius 1 is 1.14 bits per heavy atom. The van der Waals surface area contributed by atoms with E-state index in [-0.39, 0.29) is 11.7 Å². The molecule has 0 radical (unpaired) electrons. The van der Waals surface area contributed by atoms with E-state index < -0.39 is 0 Å². The van der Waals surface area contributed by atoms with Gasteiger partial charge < -0.3 is 15.1 Å². The van der Waals surface area contributed by atoms with Crippen molar-refractivity contribution in [3.8, 4) is 0 Å². The zero-order valence-corrected chi connectivity index (χ0v) is 22.0. The second-order valence-corrected chi connectivity index (χ2v) is 10.8. The van der Waals surface area contributed by atoms with Gasteiger partial charge in [-0.1, -0.05) is 24.3 Å². The van der Waals surface area contributed by atoms with Gasteiger partial charge in [-0.15, -0.1) is 0 Å². The van der Waals surface area contributed by atoms with Crippen LogP contribution in [0.3, 0.4) is 0 Å². The average Bonchev–Trinajstić information content (AvgIpc) is 3.42. The van der Waals surface area contributed by atoms with Crippen LogP contribution >= 0.6 is 0 Å². The lowest BCUT2D eigenvalue weighted by atomic mass is 9.91. The molecule has 0 saturated carbocycles. The van der Waals surface area contributed by atoms with Gasteiger partial charge in [-0.3, -0.25) is 9.69 Å². The van der Waals surface area contributed by atoms with Gasteiger partial charge >= 0.3 is 0 Å². The first-order chi connectivity index (χ1) is 16.7. The van der Waals surface area contributed by atoms with Crippen molar-refractivity contribution in [1.82, 2.24) is 20.0 Å². The molecule has 2 aliphatic heterocycles. The van der Waals surface area contributed by atoms with Gasteiger partial charge in [0.1, 0.15) is 5.82 Å². The quantitative estimate of drug-likeness (QED) is 0.615. The average molecular weight is 481 g/mol. The summed E-state index contributed by atoms with van der Waals surface area (Å²) in [4.78, 5) is 19.9. The largest absolute Gasteiger partial charge is 0.352 e. The number of halogens is 1. The lowest BCUT2D eigenvalue weighted by Gasteiger charge is -2.26. The van der Waals surface area contributed by atoms with Crippen molar-refractivity contribution in [3.63, 3.8) is 0 Å². The molecule has 4 rings (SSSR count). The summed E-state index contributed by atoms with van der Waals surface area (Å²) < 4.78 is 14.5. The Morgan fingerprint density at radius 3 is 2.60 bits per heavy atom. The lowest BCUT2D eigenvalue weighted by molar-refractivity contribution is 0.0949. The fraction of sp³-hybridized carbons (Fsp3) is 0.552. The van der Waals surface area contributed by atoms with E-state index in [2.05, 4.69) is 53.3 Å². The van der Waals surface area contributed by atoms with Crippen molar-refractivity contribution in [3.05, 3.63) is 70.0 Å². The summed E-state index contributed by atoms with van der Waals surface area (Å²) in [5, 5.41) is 3.13. The number of carbonyl (C=O) groups is 1. The SMILES string of the molecule is Cc1cc([C@H]2CN(Cc3c(C)cccc3F)C[C@@H]2N(C)C)ccc1C(=O)NCCC1CCCN1C. The van der Waals surface area contributed by atoms with E-state index in [0.29, 0.717) is 31.1 Å². The van der Waals surface area contributed by atoms with Crippen molar-refractivity contribution >= 4 is 5.91 Å². The van der Waals surface area contributed by atoms with Crippen LogP contribution in [0.1, 0.15) is 57.8 Å². The summed E-state index contributed by atoms with van der Waals surface area (Å²) in [6.45, 7) is 8.27. The summed E-state index contributed by atoms with van der Waals surface area (Å²) in [5.41, 5.74) is 4.81. The van der Waals surface area contributed by atoms with E-state index >= 15 is 0 Å². The van der Waals surface area contributed by atoms with Crippen molar-refractivity contribution in [2.45, 2.75) is 57.7 Å². The maximum atomic E-state index is 14.5. The van der Waals surface area contributed by atoms with Gasteiger partial charge in [-0.25, -0.2) is 4.39 Å². The van der Waals surface area contributed by atoms with E-state index in [1.54, 1.807) is 12.1 Å². The van der Waals surface area contributed by atoms with E-state index in [9.17, 15) is 9.18 Å². The minimum atomic E-state index is -0.124. The molecule has 0 spiro atoms. The van der Waals surface area contributed by atoms with Gasteiger partial charge in [0.2, 0.25) is 0 Å². The van der Waals surface area contributed by atoms with Crippen molar-refractivity contribution in [2.24, 2.45) is 0 Å². The molecular formula is C29H41FN4O. The molecule has 3 atom stereocenters. The third-order valence-electron chi connectivity index (χ3n) is 8.12. The number of likely N-dealkylation sites (tertiary alicyclic amines) is 2. The zero-order chi connectivity index (χ0) is 25.1. The number of carbonyl (C=O) groups excluding carboxylic acids is 1. The molecule has 6 heteroatoms. The number of nitrogens with one attached hydrogen (secondary N) is 1. The molecule has 2 fully saturated rings. The van der Waals surface area contributed by atoms with Crippen molar-refractivity contribution in [2.75, 3.05) is 47.3 Å². The monoisotopic (exact) mass is 480 g/mol. The van der Waals surface area contributed by atoms with Gasteiger partial charge in [0, 0.05) is 55.3 Å². The summed E-state index contributed by atoms with van der Waals surface area (Å²) in [5.74, 6) is 0.202. The van der Waals surface area contributed by atoms with Crippen LogP contribution in [0.25, 0.3) is 0 Å². The molecule has 190 valence electrons. The topological polar surface area (TPSA) is 38.8 Å². The third kappa shape index (κ3) is 5.93. The highest BCUT2D eigenvalue weighted by Gasteiger charge is 2.35. The maximum absolute atomic E-state index is 14.5. The van der Waals surface area contributed by atoms with Gasteiger partial charge in [0.05, 0.1) is 0 Å². The molecule has 2 saturated heterocycles. The zero-order valence-electron chi connectivity index (χ0n) is 22.0. The van der Waals surface area contributed by atoms with Crippen LogP contribution in [-0.4, -0.2) is 80.0 Å². The van der Waals surface area contributed by atoms with Gasteiger partial charge in [0.15, 0.2) is 0 Å². The Bertz CT molecular complexity index is 1020. The highest BCUT2D eigenvalue weighted by atomic mass is 19.1. The Morgan fingerprint density at radius 2 is 1.94 bits per heavy atom. The van der Waals surface area contributed by atoms with Gasteiger partial charge in [-0.05, 0) is 89.6 Å². The van der Waals surface area contributed by atoms with Gasteiger partial charge in [-0.2, -0.15) is 0 Å². The van der Waals surface area contributed by atoms with Crippen LogP contribution in [0.15, 0.2) is 36.4 Å². The molecule has 1 unspecified atom stereocenters. The molecule has 2 aromatic rings. The molecule has 2 aliphatic rings. The third-order valence-corrected chi connectivity index (χ3v) is 8.12. The fourth-order valence-electron chi connectivity index (χ4n) is 5.90. The van der Waals surface area contributed by atoms with Crippen LogP contribution < -0.4 is 5.32 Å². The number of hydrogen-bond acceptors (Lipinski definition) is 4. The number of nitrogens with zero attached hydrogens (tertiary/aromatic N) is 3. The minimum absolute atomic E-state index is 0.0157. The van der Waals surface area contributed by atoms with Crippen LogP contribution in [0.5, 0.6) is 0 Å². The molecule has 2 aromatic carbocycles. The predicted molar refractivity (Wildman–Crippen MR) is 140 cm³/mol. The Hall–Kier alpha value is -2.28. The predicted octanol–water partition coefficient (Wildman–Crippen LogP) is 4.19. The molecule has 2 heterocycles. The summed E-state index contributed by atoms with van der Waals surface area (Å²) in [7, 11) is 6.41. The van der Waals surface area contributed by atoms with E-state index in [0.717, 1.165) is 48.3 Å². The minimum Gasteiger partial charge on any atom is -0.352 e. The first kappa shape index (κ1) is 25.8. The smallest absolute Gasteiger partial charge is 0.251 e. The van der Waals surface area contributed by atoms with Crippen molar-refractivity contribution in [1.29, 1.82) is 0 Å². The maximum Gasteiger partial charge on any atom is 0.251 e. The highest BCUT2D eigenvalue weighted by Crippen LogP contribution is 2.33. The summed E-state index contributed by atoms with van der Waals surface area (Å²) in [6.07, 6.45) is 3.48. The van der Waals surface area contributed by atoms with Gasteiger partial charge in [0.25, 0.3) is 5.91 Å². The summed E-state index contributed by atoms with van der Waals surface area (Å²) >= 11 is 0. The van der Waals surface area contributed by atoms with E-state index in [1.807, 2.05) is 26.0 Å².